The maximum absolute atomic E-state index is 13.2. The summed E-state index contributed by atoms with van der Waals surface area (Å²) in [5.41, 5.74) is 1.33. The van der Waals surface area contributed by atoms with E-state index in [2.05, 4.69) is 13.0 Å². The molecular weight excluding hydrogens is 621 g/mol. The molecule has 0 aliphatic carbocycles. The van der Waals surface area contributed by atoms with E-state index in [-0.39, 0.29) is 25.1 Å². The molecule has 7 nitrogen and oxygen atoms in total. The van der Waals surface area contributed by atoms with Crippen LogP contribution in [-0.4, -0.2) is 26.9 Å². The molecule has 0 aliphatic rings. The van der Waals surface area contributed by atoms with Crippen LogP contribution in [0, 0.1) is 11.3 Å². The number of unbranched alkanes of at least 4 members (excludes halogenated alkanes) is 16. The second kappa shape index (κ2) is 25.0. The fraction of sp³-hybridized carbons (Fsp3) is 0.649. The molecule has 0 aromatic heterocycles. The van der Waals surface area contributed by atoms with Crippen molar-refractivity contribution < 1.29 is 27.6 Å². The van der Waals surface area contributed by atoms with E-state index in [4.69, 9.17) is 34.6 Å². The Kier molecular flexibility index (Phi) is 21.8. The number of hydrogen-bond acceptors (Lipinski definition) is 7. The summed E-state index contributed by atoms with van der Waals surface area (Å²) >= 11 is 6.19. The van der Waals surface area contributed by atoms with E-state index in [0.717, 1.165) is 24.8 Å². The lowest BCUT2D eigenvalue weighted by Gasteiger charge is -2.22. The summed E-state index contributed by atoms with van der Waals surface area (Å²) in [4.78, 5) is 0. The molecule has 0 N–H and O–H groups in total. The minimum atomic E-state index is -3.92. The number of halogens is 1. The van der Waals surface area contributed by atoms with E-state index in [0.29, 0.717) is 16.3 Å². The molecule has 2 aromatic rings. The van der Waals surface area contributed by atoms with Gasteiger partial charge in [-0.2, -0.15) is 5.26 Å². The Morgan fingerprint density at radius 3 is 1.87 bits per heavy atom. The van der Waals surface area contributed by atoms with Gasteiger partial charge in [0.2, 0.25) is 0 Å². The van der Waals surface area contributed by atoms with Gasteiger partial charge in [-0.3, -0.25) is 9.05 Å². The van der Waals surface area contributed by atoms with Gasteiger partial charge >= 0.3 is 7.82 Å². The number of nitriles is 1. The van der Waals surface area contributed by atoms with Crippen molar-refractivity contribution in [2.75, 3.05) is 20.8 Å². The van der Waals surface area contributed by atoms with Crippen LogP contribution in [0.4, 0.5) is 0 Å². The van der Waals surface area contributed by atoms with Gasteiger partial charge in [0.25, 0.3) is 0 Å². The van der Waals surface area contributed by atoms with Crippen LogP contribution in [0.5, 0.6) is 11.5 Å². The molecule has 0 saturated carbocycles. The van der Waals surface area contributed by atoms with Gasteiger partial charge in [-0.15, -0.1) is 0 Å². The predicted octanol–water partition coefficient (Wildman–Crippen LogP) is 12.0. The summed E-state index contributed by atoms with van der Waals surface area (Å²) in [5.74, 6) is 0.728. The molecule has 0 radical (unpaired) electrons. The monoisotopic (exact) mass is 677 g/mol. The number of nitrogens with zero attached hydrogens (tertiary/aromatic N) is 1. The maximum atomic E-state index is 13.2. The fourth-order valence-corrected chi connectivity index (χ4v) is 6.58. The Bertz CT molecular complexity index is 1170. The maximum Gasteiger partial charge on any atom is 0.529 e. The van der Waals surface area contributed by atoms with Crippen molar-refractivity contribution in [3.8, 4) is 17.6 Å². The number of benzene rings is 2. The lowest BCUT2D eigenvalue weighted by Crippen LogP contribution is -2.20. The van der Waals surface area contributed by atoms with Crippen LogP contribution in [0.3, 0.4) is 0 Å². The average Bonchev–Trinajstić information content (AvgIpc) is 3.07. The molecule has 46 heavy (non-hydrogen) atoms. The first kappa shape index (κ1) is 40.1. The number of ether oxygens (including phenoxy) is 2. The van der Waals surface area contributed by atoms with Gasteiger partial charge < -0.3 is 14.0 Å². The number of para-hydroxylation sites is 1. The van der Waals surface area contributed by atoms with Gasteiger partial charge in [0, 0.05) is 7.11 Å². The lowest BCUT2D eigenvalue weighted by atomic mass is 10.0. The van der Waals surface area contributed by atoms with Crippen molar-refractivity contribution in [3.05, 3.63) is 58.6 Å². The summed E-state index contributed by atoms with van der Waals surface area (Å²) in [5, 5.41) is 9.60. The zero-order valence-corrected chi connectivity index (χ0v) is 30.1. The Hall–Kier alpha value is -2.07. The average molecular weight is 678 g/mol. The zero-order valence-electron chi connectivity index (χ0n) is 28.5. The Balaban J connectivity index is 1.73. The standard InChI is InChI=1S/C37H57ClNO6P/c1-4-5-6-7-8-9-10-11-12-13-14-15-16-17-18-19-20-23-34(43-30-32-26-27-33(29-39)37(28-32)41-2)31-44-46(40,42-3)45-36-25-22-21-24-35(36)38/h21-22,24-28,34H,4-20,23,30-31H2,1-3H3/t34-,46?/m1/s1. The van der Waals surface area contributed by atoms with E-state index >= 15 is 0 Å². The first-order valence-electron chi connectivity index (χ1n) is 17.4. The van der Waals surface area contributed by atoms with E-state index in [1.54, 1.807) is 36.4 Å². The highest BCUT2D eigenvalue weighted by molar-refractivity contribution is 7.48. The highest BCUT2D eigenvalue weighted by Crippen LogP contribution is 2.50. The SMILES string of the molecule is CCCCCCCCCCCCCCCCCCC[C@H](COP(=O)(OC)Oc1ccccc1Cl)OCc1ccc(C#N)c(OC)c1. The van der Waals surface area contributed by atoms with Crippen LogP contribution in [0.15, 0.2) is 42.5 Å². The molecule has 0 heterocycles. The Labute approximate surface area is 283 Å². The minimum Gasteiger partial charge on any atom is -0.495 e. The number of hydrogen-bond donors (Lipinski definition) is 0. The van der Waals surface area contributed by atoms with Crippen LogP contribution in [0.25, 0.3) is 0 Å². The largest absolute Gasteiger partial charge is 0.529 e. The van der Waals surface area contributed by atoms with E-state index in [1.807, 2.05) is 6.07 Å². The minimum absolute atomic E-state index is 0.0296. The van der Waals surface area contributed by atoms with Gasteiger partial charge in [0.1, 0.15) is 17.6 Å². The van der Waals surface area contributed by atoms with E-state index < -0.39 is 7.82 Å². The van der Waals surface area contributed by atoms with Crippen molar-refractivity contribution in [3.63, 3.8) is 0 Å². The van der Waals surface area contributed by atoms with Gasteiger partial charge in [-0.1, -0.05) is 146 Å². The molecule has 2 aromatic carbocycles. The number of rotatable bonds is 28. The molecule has 2 atom stereocenters. The lowest BCUT2D eigenvalue weighted by molar-refractivity contribution is -0.00440. The van der Waals surface area contributed by atoms with Crippen LogP contribution < -0.4 is 9.26 Å². The number of methoxy groups -OCH3 is 1. The van der Waals surface area contributed by atoms with Crippen LogP contribution >= 0.6 is 19.4 Å². The molecular formula is C37H57ClNO6P. The summed E-state index contributed by atoms with van der Waals surface area (Å²) in [6.45, 7) is 2.59. The molecule has 0 spiro atoms. The topological polar surface area (TPSA) is 87.0 Å². The molecule has 0 bridgehead atoms. The summed E-state index contributed by atoms with van der Waals surface area (Å²) < 4.78 is 41.2. The number of phosphoric ester groups is 1. The highest BCUT2D eigenvalue weighted by atomic mass is 35.5. The predicted molar refractivity (Wildman–Crippen MR) is 188 cm³/mol. The zero-order chi connectivity index (χ0) is 33.3. The quantitative estimate of drug-likeness (QED) is 0.0654. The van der Waals surface area contributed by atoms with Crippen molar-refractivity contribution in [1.82, 2.24) is 0 Å². The third kappa shape index (κ3) is 17.2. The van der Waals surface area contributed by atoms with Gasteiger partial charge in [0.15, 0.2) is 0 Å². The third-order valence-electron chi connectivity index (χ3n) is 8.19. The molecule has 2 rings (SSSR count). The molecule has 0 aliphatic heterocycles. The van der Waals surface area contributed by atoms with Crippen molar-refractivity contribution in [1.29, 1.82) is 5.26 Å². The van der Waals surface area contributed by atoms with Gasteiger partial charge in [-0.05, 0) is 36.2 Å². The van der Waals surface area contributed by atoms with Crippen molar-refractivity contribution in [2.24, 2.45) is 0 Å². The Morgan fingerprint density at radius 2 is 1.35 bits per heavy atom. The van der Waals surface area contributed by atoms with E-state index in [1.165, 1.54) is 111 Å². The van der Waals surface area contributed by atoms with Crippen LogP contribution in [-0.2, 0) is 25.0 Å². The summed E-state index contributed by atoms with van der Waals surface area (Å²) in [6, 6.07) is 14.2. The highest BCUT2D eigenvalue weighted by Gasteiger charge is 2.29. The molecule has 0 fully saturated rings. The fourth-order valence-electron chi connectivity index (χ4n) is 5.37. The molecule has 0 amide bonds. The first-order chi connectivity index (χ1) is 22.4. The van der Waals surface area contributed by atoms with Gasteiger partial charge in [0.05, 0.1) is 37.0 Å². The van der Waals surface area contributed by atoms with Crippen LogP contribution in [0.1, 0.15) is 134 Å². The molecule has 0 saturated heterocycles. The smallest absolute Gasteiger partial charge is 0.495 e. The summed E-state index contributed by atoms with van der Waals surface area (Å²) in [6.07, 6.45) is 22.8. The second-order valence-corrected chi connectivity index (χ2v) is 14.1. The molecule has 9 heteroatoms. The van der Waals surface area contributed by atoms with Crippen molar-refractivity contribution in [2.45, 2.75) is 135 Å². The first-order valence-corrected chi connectivity index (χ1v) is 19.2. The number of phosphoric acid groups is 1. The van der Waals surface area contributed by atoms with Crippen LogP contribution in [0.2, 0.25) is 5.02 Å². The normalized spacial score (nSPS) is 13.2. The summed E-state index contributed by atoms with van der Waals surface area (Å²) in [7, 11) is -1.10. The molecule has 1 unspecified atom stereocenters. The van der Waals surface area contributed by atoms with E-state index in [9.17, 15) is 9.83 Å². The van der Waals surface area contributed by atoms with Crippen molar-refractivity contribution >= 4 is 19.4 Å². The van der Waals surface area contributed by atoms with Gasteiger partial charge in [-0.25, -0.2) is 4.57 Å². The second-order valence-electron chi connectivity index (χ2n) is 12.0. The third-order valence-corrected chi connectivity index (χ3v) is 9.84. The molecule has 258 valence electrons. The Morgan fingerprint density at radius 1 is 0.783 bits per heavy atom.